The molecule has 0 aliphatic heterocycles. The molecule has 1 aromatic rings. The molecule has 0 spiro atoms. The number of aromatic nitrogens is 2. The van der Waals surface area contributed by atoms with E-state index in [-0.39, 0.29) is 6.04 Å². The van der Waals surface area contributed by atoms with E-state index in [0.717, 1.165) is 30.1 Å². The van der Waals surface area contributed by atoms with E-state index in [1.807, 2.05) is 11.7 Å². The Kier molecular flexibility index (Phi) is 6.53. The van der Waals surface area contributed by atoms with Gasteiger partial charge in [0.2, 0.25) is 0 Å². The van der Waals surface area contributed by atoms with Gasteiger partial charge in [-0.2, -0.15) is 5.10 Å². The Balaban J connectivity index is 2.80. The van der Waals surface area contributed by atoms with Crippen molar-refractivity contribution in [2.24, 2.45) is 18.4 Å². The Morgan fingerprint density at radius 2 is 2.05 bits per heavy atom. The quantitative estimate of drug-likeness (QED) is 0.799. The molecule has 1 rings (SSSR count). The highest BCUT2D eigenvalue weighted by atomic mass is 35.5. The molecule has 1 heterocycles. The normalized spacial score (nSPS) is 15.3. The molecular formula is C16H30ClN3. The fourth-order valence-electron chi connectivity index (χ4n) is 2.95. The highest BCUT2D eigenvalue weighted by molar-refractivity contribution is 6.31. The number of nitrogens with zero attached hydrogens (tertiary/aromatic N) is 2. The molecule has 20 heavy (non-hydrogen) atoms. The predicted molar refractivity (Wildman–Crippen MR) is 87.1 cm³/mol. The van der Waals surface area contributed by atoms with E-state index >= 15 is 0 Å². The van der Waals surface area contributed by atoms with Crippen molar-refractivity contribution >= 4 is 11.6 Å². The van der Waals surface area contributed by atoms with Crippen molar-refractivity contribution < 1.29 is 0 Å². The van der Waals surface area contributed by atoms with Crippen LogP contribution in [0.15, 0.2) is 6.20 Å². The first-order valence-corrected chi connectivity index (χ1v) is 8.03. The van der Waals surface area contributed by atoms with Gasteiger partial charge >= 0.3 is 0 Å². The second-order valence-corrected chi connectivity index (χ2v) is 7.52. The molecule has 0 fully saturated rings. The van der Waals surface area contributed by atoms with Crippen LogP contribution in [0.3, 0.4) is 0 Å². The molecule has 4 heteroatoms. The summed E-state index contributed by atoms with van der Waals surface area (Å²) in [6.07, 6.45) is 5.18. The van der Waals surface area contributed by atoms with Gasteiger partial charge in [-0.25, -0.2) is 0 Å². The van der Waals surface area contributed by atoms with Crippen LogP contribution in [0, 0.1) is 11.3 Å². The molecule has 0 aromatic carbocycles. The molecule has 0 amide bonds. The monoisotopic (exact) mass is 299 g/mol. The number of rotatable bonds is 7. The number of hydrogen-bond donors (Lipinski definition) is 1. The summed E-state index contributed by atoms with van der Waals surface area (Å²) < 4.78 is 1.90. The van der Waals surface area contributed by atoms with Crippen LogP contribution in [0.25, 0.3) is 0 Å². The van der Waals surface area contributed by atoms with E-state index in [2.05, 4.69) is 45.0 Å². The zero-order valence-electron chi connectivity index (χ0n) is 13.8. The van der Waals surface area contributed by atoms with E-state index in [9.17, 15) is 0 Å². The van der Waals surface area contributed by atoms with Gasteiger partial charge in [-0.15, -0.1) is 0 Å². The molecular weight excluding hydrogens is 270 g/mol. The molecule has 0 aliphatic carbocycles. The summed E-state index contributed by atoms with van der Waals surface area (Å²) in [6, 6.07) is 0.285. The minimum Gasteiger partial charge on any atom is -0.309 e. The van der Waals surface area contributed by atoms with Crippen LogP contribution in [0.5, 0.6) is 0 Å². The fraction of sp³-hybridized carbons (Fsp3) is 0.812. The van der Waals surface area contributed by atoms with Crippen molar-refractivity contribution in [2.45, 2.75) is 59.9 Å². The third-order valence-electron chi connectivity index (χ3n) is 3.51. The van der Waals surface area contributed by atoms with Crippen LogP contribution in [0.1, 0.15) is 65.6 Å². The molecule has 2 atom stereocenters. The molecule has 0 aliphatic rings. The Labute approximate surface area is 129 Å². The van der Waals surface area contributed by atoms with Crippen molar-refractivity contribution in [2.75, 3.05) is 6.54 Å². The number of aryl methyl sites for hydroxylation is 1. The predicted octanol–water partition coefficient (Wildman–Crippen LogP) is 4.58. The lowest BCUT2D eigenvalue weighted by molar-refractivity contribution is 0.272. The SMILES string of the molecule is CCCNC(CC(C)CC(C)(C)C)c1c(Cl)cnn1C. The first kappa shape index (κ1) is 17.5. The third kappa shape index (κ3) is 5.45. The minimum absolute atomic E-state index is 0.285. The third-order valence-corrected chi connectivity index (χ3v) is 3.80. The van der Waals surface area contributed by atoms with Crippen LogP contribution in [0.4, 0.5) is 0 Å². The van der Waals surface area contributed by atoms with Gasteiger partial charge in [-0.05, 0) is 37.1 Å². The number of hydrogen-bond acceptors (Lipinski definition) is 2. The van der Waals surface area contributed by atoms with Crippen LogP contribution < -0.4 is 5.32 Å². The smallest absolute Gasteiger partial charge is 0.0834 e. The van der Waals surface area contributed by atoms with Crippen molar-refractivity contribution in [1.82, 2.24) is 15.1 Å². The molecule has 116 valence electrons. The maximum atomic E-state index is 6.31. The molecule has 3 nitrogen and oxygen atoms in total. The van der Waals surface area contributed by atoms with Crippen LogP contribution in [-0.2, 0) is 7.05 Å². The van der Waals surface area contributed by atoms with Crippen LogP contribution >= 0.6 is 11.6 Å². The van der Waals surface area contributed by atoms with Crippen molar-refractivity contribution in [3.63, 3.8) is 0 Å². The highest BCUT2D eigenvalue weighted by Crippen LogP contribution is 2.32. The Morgan fingerprint density at radius 1 is 1.40 bits per heavy atom. The van der Waals surface area contributed by atoms with E-state index in [0.29, 0.717) is 11.3 Å². The van der Waals surface area contributed by atoms with Crippen LogP contribution in [0.2, 0.25) is 5.02 Å². The molecule has 0 radical (unpaired) electrons. The maximum absolute atomic E-state index is 6.31. The maximum Gasteiger partial charge on any atom is 0.0834 e. The lowest BCUT2D eigenvalue weighted by Gasteiger charge is -2.27. The van der Waals surface area contributed by atoms with E-state index in [4.69, 9.17) is 11.6 Å². The van der Waals surface area contributed by atoms with E-state index in [1.54, 1.807) is 6.20 Å². The topological polar surface area (TPSA) is 29.9 Å². The highest BCUT2D eigenvalue weighted by Gasteiger charge is 2.23. The number of nitrogens with one attached hydrogen (secondary N) is 1. The average molecular weight is 300 g/mol. The molecule has 1 N–H and O–H groups in total. The second-order valence-electron chi connectivity index (χ2n) is 7.11. The van der Waals surface area contributed by atoms with Gasteiger partial charge in [0, 0.05) is 7.05 Å². The standard InChI is InChI=1S/C16H30ClN3/c1-7-8-18-14(9-12(2)10-16(3,4)5)15-13(17)11-19-20(15)6/h11-12,14,18H,7-10H2,1-6H3. The molecule has 0 saturated carbocycles. The van der Waals surface area contributed by atoms with E-state index < -0.39 is 0 Å². The van der Waals surface area contributed by atoms with Crippen molar-refractivity contribution in [1.29, 1.82) is 0 Å². The largest absolute Gasteiger partial charge is 0.309 e. The van der Waals surface area contributed by atoms with Crippen LogP contribution in [-0.4, -0.2) is 16.3 Å². The first-order valence-electron chi connectivity index (χ1n) is 7.65. The van der Waals surface area contributed by atoms with Gasteiger partial charge in [-0.1, -0.05) is 46.2 Å². The zero-order chi connectivity index (χ0) is 15.3. The van der Waals surface area contributed by atoms with Gasteiger partial charge in [0.05, 0.1) is 23.0 Å². The fourth-order valence-corrected chi connectivity index (χ4v) is 3.25. The summed E-state index contributed by atoms with van der Waals surface area (Å²) in [5.41, 5.74) is 1.48. The summed E-state index contributed by atoms with van der Waals surface area (Å²) in [4.78, 5) is 0. The van der Waals surface area contributed by atoms with Gasteiger partial charge in [-0.3, -0.25) is 4.68 Å². The summed E-state index contributed by atoms with van der Waals surface area (Å²) in [7, 11) is 1.97. The first-order chi connectivity index (χ1) is 9.24. The Hall–Kier alpha value is -0.540. The summed E-state index contributed by atoms with van der Waals surface area (Å²) in [6.45, 7) is 12.4. The second kappa shape index (κ2) is 7.46. The van der Waals surface area contributed by atoms with Crippen molar-refractivity contribution in [3.8, 4) is 0 Å². The van der Waals surface area contributed by atoms with Gasteiger partial charge in [0.15, 0.2) is 0 Å². The van der Waals surface area contributed by atoms with Gasteiger partial charge < -0.3 is 5.32 Å². The van der Waals surface area contributed by atoms with E-state index in [1.165, 1.54) is 6.42 Å². The Bertz CT molecular complexity index is 387. The average Bonchev–Trinajstić information content (AvgIpc) is 2.62. The summed E-state index contributed by atoms with van der Waals surface area (Å²) in [5, 5.41) is 8.66. The zero-order valence-corrected chi connectivity index (χ0v) is 14.6. The molecule has 1 aromatic heterocycles. The molecule has 0 saturated heterocycles. The lowest BCUT2D eigenvalue weighted by Crippen LogP contribution is -2.27. The molecule has 0 bridgehead atoms. The summed E-state index contributed by atoms with van der Waals surface area (Å²) in [5.74, 6) is 0.648. The van der Waals surface area contributed by atoms with Gasteiger partial charge in [0.25, 0.3) is 0 Å². The molecule has 2 unspecified atom stereocenters. The minimum atomic E-state index is 0.285. The Morgan fingerprint density at radius 3 is 2.50 bits per heavy atom. The number of halogens is 1. The summed E-state index contributed by atoms with van der Waals surface area (Å²) >= 11 is 6.31. The van der Waals surface area contributed by atoms with Crippen molar-refractivity contribution in [3.05, 3.63) is 16.9 Å². The van der Waals surface area contributed by atoms with Gasteiger partial charge in [0.1, 0.15) is 0 Å². The lowest BCUT2D eigenvalue weighted by atomic mass is 9.82.